The molecule has 142 valence electrons. The monoisotopic (exact) mass is 367 g/mol. The maximum absolute atomic E-state index is 12.2. The molecule has 0 aliphatic heterocycles. The largest absolute Gasteiger partial charge is 0.494 e. The third kappa shape index (κ3) is 6.29. The number of hydrogen-bond donors (Lipinski definition) is 0. The van der Waals surface area contributed by atoms with Gasteiger partial charge in [-0.25, -0.2) is 4.79 Å². The lowest BCUT2D eigenvalue weighted by atomic mass is 10.1. The summed E-state index contributed by atoms with van der Waals surface area (Å²) in [5.74, 6) is -0.0365. The first-order chi connectivity index (χ1) is 13.0. The van der Waals surface area contributed by atoms with E-state index in [4.69, 9.17) is 9.47 Å². The summed E-state index contributed by atoms with van der Waals surface area (Å²) in [6.07, 6.45) is 2.95. The Morgan fingerprint density at radius 1 is 1.07 bits per heavy atom. The lowest BCUT2D eigenvalue weighted by molar-refractivity contribution is -0.148. The van der Waals surface area contributed by atoms with Crippen molar-refractivity contribution in [3.63, 3.8) is 0 Å². The second-order valence-corrected chi connectivity index (χ2v) is 6.03. The predicted octanol–water partition coefficient (Wildman–Crippen LogP) is 3.86. The molecular weight excluding hydrogens is 342 g/mol. The van der Waals surface area contributed by atoms with E-state index in [2.05, 4.69) is 0 Å². The van der Waals surface area contributed by atoms with Gasteiger partial charge in [0.2, 0.25) is 0 Å². The number of amides is 1. The molecular formula is C22H25NO4. The third-order valence-electron chi connectivity index (χ3n) is 4.20. The highest BCUT2D eigenvalue weighted by atomic mass is 16.5. The highest BCUT2D eigenvalue weighted by molar-refractivity contribution is 5.89. The van der Waals surface area contributed by atoms with Crippen molar-refractivity contribution in [2.75, 3.05) is 20.3 Å². The average Bonchev–Trinajstić information content (AvgIpc) is 2.71. The number of carbonyl (C=O) groups excluding carboxylic acids is 2. The number of carbonyl (C=O) groups is 2. The standard InChI is InChI=1S/C22H25NO4/c1-4-26-20-13-10-18(11-14-20)12-15-22(25)27-16-21(24)23(3)17(2)19-8-6-5-7-9-19/h5-15,17H,4,16H2,1-3H3/b15-12+/t17-/m1/s1. The van der Waals surface area contributed by atoms with Gasteiger partial charge in [0, 0.05) is 13.1 Å². The smallest absolute Gasteiger partial charge is 0.331 e. The fourth-order valence-electron chi connectivity index (χ4n) is 2.46. The van der Waals surface area contributed by atoms with Gasteiger partial charge in [-0.15, -0.1) is 0 Å². The van der Waals surface area contributed by atoms with Crippen LogP contribution in [0.15, 0.2) is 60.7 Å². The quantitative estimate of drug-likeness (QED) is 0.525. The molecule has 5 heteroatoms. The van der Waals surface area contributed by atoms with Crippen LogP contribution in [0, 0.1) is 0 Å². The van der Waals surface area contributed by atoms with E-state index in [1.165, 1.54) is 6.08 Å². The van der Waals surface area contributed by atoms with E-state index in [-0.39, 0.29) is 18.6 Å². The van der Waals surface area contributed by atoms with E-state index in [0.29, 0.717) is 6.61 Å². The second-order valence-electron chi connectivity index (χ2n) is 6.03. The van der Waals surface area contributed by atoms with Crippen molar-refractivity contribution in [1.82, 2.24) is 4.90 Å². The van der Waals surface area contributed by atoms with Crippen molar-refractivity contribution >= 4 is 18.0 Å². The first-order valence-corrected chi connectivity index (χ1v) is 8.89. The van der Waals surface area contributed by atoms with Crippen LogP contribution in [0.5, 0.6) is 5.75 Å². The third-order valence-corrected chi connectivity index (χ3v) is 4.20. The molecule has 0 bridgehead atoms. The summed E-state index contributed by atoms with van der Waals surface area (Å²) in [6.45, 7) is 4.16. The van der Waals surface area contributed by atoms with Crippen LogP contribution in [0.1, 0.15) is 31.0 Å². The molecule has 0 radical (unpaired) electrons. The van der Waals surface area contributed by atoms with Gasteiger partial charge < -0.3 is 14.4 Å². The van der Waals surface area contributed by atoms with Crippen molar-refractivity contribution in [3.05, 3.63) is 71.8 Å². The summed E-state index contributed by atoms with van der Waals surface area (Å²) in [6, 6.07) is 16.9. The van der Waals surface area contributed by atoms with Crippen molar-refractivity contribution < 1.29 is 19.1 Å². The molecule has 2 rings (SSSR count). The number of rotatable bonds is 8. The number of nitrogens with zero attached hydrogens (tertiary/aromatic N) is 1. The first kappa shape index (κ1) is 20.2. The molecule has 0 fully saturated rings. The lowest BCUT2D eigenvalue weighted by Gasteiger charge is -2.25. The molecule has 0 heterocycles. The highest BCUT2D eigenvalue weighted by Crippen LogP contribution is 2.18. The number of hydrogen-bond acceptors (Lipinski definition) is 4. The van der Waals surface area contributed by atoms with Gasteiger partial charge >= 0.3 is 5.97 Å². The van der Waals surface area contributed by atoms with Crippen molar-refractivity contribution in [2.24, 2.45) is 0 Å². The fraction of sp³-hybridized carbons (Fsp3) is 0.273. The molecule has 0 aromatic heterocycles. The van der Waals surface area contributed by atoms with Crippen LogP contribution in [0.2, 0.25) is 0 Å². The molecule has 5 nitrogen and oxygen atoms in total. The van der Waals surface area contributed by atoms with Gasteiger partial charge in [0.25, 0.3) is 5.91 Å². The molecule has 1 amide bonds. The molecule has 0 saturated heterocycles. The summed E-state index contributed by atoms with van der Waals surface area (Å²) >= 11 is 0. The van der Waals surface area contributed by atoms with Crippen LogP contribution < -0.4 is 4.74 Å². The summed E-state index contributed by atoms with van der Waals surface area (Å²) < 4.78 is 10.4. The molecule has 0 N–H and O–H groups in total. The van der Waals surface area contributed by atoms with E-state index in [1.54, 1.807) is 18.0 Å². The van der Waals surface area contributed by atoms with Crippen LogP contribution in [0.4, 0.5) is 0 Å². The minimum Gasteiger partial charge on any atom is -0.494 e. The number of benzene rings is 2. The molecule has 0 unspecified atom stereocenters. The van der Waals surface area contributed by atoms with Crippen LogP contribution in [0.3, 0.4) is 0 Å². The van der Waals surface area contributed by atoms with E-state index >= 15 is 0 Å². The number of esters is 1. The highest BCUT2D eigenvalue weighted by Gasteiger charge is 2.18. The topological polar surface area (TPSA) is 55.8 Å². The van der Waals surface area contributed by atoms with Gasteiger partial charge in [-0.1, -0.05) is 42.5 Å². The first-order valence-electron chi connectivity index (χ1n) is 8.89. The zero-order valence-electron chi connectivity index (χ0n) is 15.9. The van der Waals surface area contributed by atoms with E-state index in [1.807, 2.05) is 68.4 Å². The Balaban J connectivity index is 1.82. The van der Waals surface area contributed by atoms with Gasteiger partial charge in [-0.3, -0.25) is 4.79 Å². The number of likely N-dealkylation sites (N-methyl/N-ethyl adjacent to an activating group) is 1. The van der Waals surface area contributed by atoms with Gasteiger partial charge in [-0.2, -0.15) is 0 Å². The van der Waals surface area contributed by atoms with Gasteiger partial charge in [0.05, 0.1) is 12.6 Å². The fourth-order valence-corrected chi connectivity index (χ4v) is 2.46. The number of ether oxygens (including phenoxy) is 2. The molecule has 2 aromatic carbocycles. The van der Waals surface area contributed by atoms with Crippen LogP contribution in [-0.2, 0) is 14.3 Å². The maximum atomic E-state index is 12.2. The Morgan fingerprint density at radius 2 is 1.74 bits per heavy atom. The molecule has 2 aromatic rings. The zero-order chi connectivity index (χ0) is 19.6. The van der Waals surface area contributed by atoms with Gasteiger partial charge in [0.1, 0.15) is 5.75 Å². The Hall–Kier alpha value is -3.08. The Bertz CT molecular complexity index is 769. The molecule has 27 heavy (non-hydrogen) atoms. The summed E-state index contributed by atoms with van der Waals surface area (Å²) in [7, 11) is 1.70. The SMILES string of the molecule is CCOc1ccc(/C=C/C(=O)OCC(=O)N(C)[C@H](C)c2ccccc2)cc1. The van der Waals surface area contributed by atoms with Crippen LogP contribution in [-0.4, -0.2) is 37.0 Å². The summed E-state index contributed by atoms with van der Waals surface area (Å²) in [4.78, 5) is 25.7. The molecule has 0 saturated carbocycles. The van der Waals surface area contributed by atoms with Crippen LogP contribution >= 0.6 is 0 Å². The summed E-state index contributed by atoms with van der Waals surface area (Å²) in [5, 5.41) is 0. The minimum atomic E-state index is -0.557. The molecule has 0 spiro atoms. The summed E-state index contributed by atoms with van der Waals surface area (Å²) in [5.41, 5.74) is 1.87. The Labute approximate surface area is 160 Å². The van der Waals surface area contributed by atoms with Crippen molar-refractivity contribution in [1.29, 1.82) is 0 Å². The lowest BCUT2D eigenvalue weighted by Crippen LogP contribution is -2.33. The van der Waals surface area contributed by atoms with E-state index in [0.717, 1.165) is 16.9 Å². The van der Waals surface area contributed by atoms with Crippen LogP contribution in [0.25, 0.3) is 6.08 Å². The van der Waals surface area contributed by atoms with E-state index in [9.17, 15) is 9.59 Å². The molecule has 0 aliphatic carbocycles. The Kier molecular flexibility index (Phi) is 7.62. The average molecular weight is 367 g/mol. The van der Waals surface area contributed by atoms with Gasteiger partial charge in [-0.05, 0) is 43.2 Å². The molecule has 0 aliphatic rings. The maximum Gasteiger partial charge on any atom is 0.331 e. The zero-order valence-corrected chi connectivity index (χ0v) is 15.9. The molecule has 1 atom stereocenters. The van der Waals surface area contributed by atoms with Crippen molar-refractivity contribution in [2.45, 2.75) is 19.9 Å². The van der Waals surface area contributed by atoms with Crippen molar-refractivity contribution in [3.8, 4) is 5.75 Å². The Morgan fingerprint density at radius 3 is 2.37 bits per heavy atom. The normalized spacial score (nSPS) is 11.8. The van der Waals surface area contributed by atoms with Gasteiger partial charge in [0.15, 0.2) is 6.61 Å². The minimum absolute atomic E-state index is 0.100. The predicted molar refractivity (Wildman–Crippen MR) is 105 cm³/mol. The van der Waals surface area contributed by atoms with E-state index < -0.39 is 5.97 Å². The second kappa shape index (κ2) is 10.2.